The van der Waals surface area contributed by atoms with E-state index in [1.807, 2.05) is 24.3 Å². The number of para-hydroxylation sites is 1. The van der Waals surface area contributed by atoms with E-state index in [1.54, 1.807) is 48.5 Å². The maximum Gasteiger partial charge on any atom is 0.250 e. The summed E-state index contributed by atoms with van der Waals surface area (Å²) >= 11 is 0. The van der Waals surface area contributed by atoms with Crippen molar-refractivity contribution in [1.29, 1.82) is 0 Å². The number of nitrogens with two attached hydrogens (primary N) is 1. The topological polar surface area (TPSA) is 108 Å². The summed E-state index contributed by atoms with van der Waals surface area (Å²) < 4.78 is 7.00. The number of benzene rings is 1. The lowest BCUT2D eigenvalue weighted by Gasteiger charge is -2.08. The summed E-state index contributed by atoms with van der Waals surface area (Å²) in [6.07, 6.45) is 4.94. The van der Waals surface area contributed by atoms with Gasteiger partial charge in [-0.3, -0.25) is 4.79 Å². The molecule has 0 spiro atoms. The molecular formula is C19H16N6O2. The molecule has 0 atom stereocenters. The van der Waals surface area contributed by atoms with Crippen molar-refractivity contribution in [3.8, 4) is 11.6 Å². The Hall–Kier alpha value is -3.94. The predicted octanol–water partition coefficient (Wildman–Crippen LogP) is 2.67. The largest absolute Gasteiger partial charge is 0.497 e. The van der Waals surface area contributed by atoms with E-state index < -0.39 is 5.91 Å². The zero-order valence-electron chi connectivity index (χ0n) is 14.5. The first-order chi connectivity index (χ1) is 13.2. The number of pyridine rings is 1. The second-order valence-electron chi connectivity index (χ2n) is 5.74. The Morgan fingerprint density at radius 1 is 1.15 bits per heavy atom. The minimum absolute atomic E-state index is 0.367. The molecule has 134 valence electrons. The molecule has 8 nitrogen and oxygen atoms in total. The van der Waals surface area contributed by atoms with Gasteiger partial charge >= 0.3 is 0 Å². The number of rotatable bonds is 5. The van der Waals surface area contributed by atoms with Gasteiger partial charge in [0.25, 0.3) is 5.91 Å². The number of primary amides is 1. The number of carbonyl (C=O) groups is 1. The lowest BCUT2D eigenvalue weighted by atomic mass is 10.2. The minimum atomic E-state index is -0.488. The first kappa shape index (κ1) is 16.5. The zero-order valence-corrected chi connectivity index (χ0v) is 14.5. The van der Waals surface area contributed by atoms with Crippen molar-refractivity contribution >= 4 is 28.6 Å². The Balaban J connectivity index is 1.75. The highest BCUT2D eigenvalue weighted by Gasteiger charge is 2.14. The maximum absolute atomic E-state index is 11.8. The monoisotopic (exact) mass is 360 g/mol. The summed E-state index contributed by atoms with van der Waals surface area (Å²) in [6, 6.07) is 12.8. The average Bonchev–Trinajstić information content (AvgIpc) is 3.08. The molecule has 1 amide bonds. The van der Waals surface area contributed by atoms with Gasteiger partial charge in [-0.25, -0.2) is 9.97 Å². The van der Waals surface area contributed by atoms with Crippen molar-refractivity contribution in [1.82, 2.24) is 19.5 Å². The predicted molar refractivity (Wildman–Crippen MR) is 101 cm³/mol. The lowest BCUT2D eigenvalue weighted by molar-refractivity contribution is 0.100. The van der Waals surface area contributed by atoms with E-state index >= 15 is 0 Å². The van der Waals surface area contributed by atoms with Crippen molar-refractivity contribution < 1.29 is 9.53 Å². The van der Waals surface area contributed by atoms with Gasteiger partial charge in [-0.15, -0.1) is 0 Å². The van der Waals surface area contributed by atoms with Gasteiger partial charge in [0.2, 0.25) is 5.95 Å². The summed E-state index contributed by atoms with van der Waals surface area (Å²) in [4.78, 5) is 24.7. The van der Waals surface area contributed by atoms with Gasteiger partial charge in [0, 0.05) is 30.0 Å². The van der Waals surface area contributed by atoms with Crippen LogP contribution in [0, 0.1) is 0 Å². The number of hydrogen-bond donors (Lipinski definition) is 2. The van der Waals surface area contributed by atoms with Gasteiger partial charge in [-0.05, 0) is 18.2 Å². The molecule has 0 radical (unpaired) electrons. The molecule has 0 unspecified atom stereocenters. The smallest absolute Gasteiger partial charge is 0.250 e. The van der Waals surface area contributed by atoms with E-state index in [2.05, 4.69) is 20.3 Å². The number of ether oxygens (including phenoxy) is 1. The molecule has 8 heteroatoms. The molecule has 3 N–H and O–H groups in total. The molecular weight excluding hydrogens is 344 g/mol. The van der Waals surface area contributed by atoms with Crippen LogP contribution in [0.4, 0.5) is 11.8 Å². The van der Waals surface area contributed by atoms with Crippen LogP contribution in [0.1, 0.15) is 10.4 Å². The highest BCUT2D eigenvalue weighted by Crippen LogP contribution is 2.24. The Kier molecular flexibility index (Phi) is 4.13. The van der Waals surface area contributed by atoms with E-state index in [9.17, 15) is 4.79 Å². The molecule has 3 heterocycles. The van der Waals surface area contributed by atoms with Crippen LogP contribution in [-0.2, 0) is 0 Å². The molecule has 4 aromatic rings. The number of fused-ring (bicyclic) bond motifs is 1. The van der Waals surface area contributed by atoms with Gasteiger partial charge in [0.15, 0.2) is 0 Å². The van der Waals surface area contributed by atoms with Crippen LogP contribution < -0.4 is 15.8 Å². The fourth-order valence-electron chi connectivity index (χ4n) is 2.83. The number of amides is 1. The Morgan fingerprint density at radius 2 is 1.96 bits per heavy atom. The van der Waals surface area contributed by atoms with Gasteiger partial charge in [-0.1, -0.05) is 18.2 Å². The second kappa shape index (κ2) is 6.75. The Morgan fingerprint density at radius 3 is 2.78 bits per heavy atom. The lowest BCUT2D eigenvalue weighted by Crippen LogP contribution is -2.10. The summed E-state index contributed by atoms with van der Waals surface area (Å²) in [5, 5.41) is 3.82. The summed E-state index contributed by atoms with van der Waals surface area (Å²) in [7, 11) is 1.59. The number of methoxy groups -OCH3 is 1. The third-order valence-electron chi connectivity index (χ3n) is 4.07. The summed E-state index contributed by atoms with van der Waals surface area (Å²) in [6.45, 7) is 0. The van der Waals surface area contributed by atoms with Crippen LogP contribution in [0.15, 0.2) is 61.1 Å². The van der Waals surface area contributed by atoms with E-state index in [0.717, 1.165) is 10.9 Å². The third kappa shape index (κ3) is 3.15. The number of aromatic nitrogens is 4. The minimum Gasteiger partial charge on any atom is -0.497 e. The van der Waals surface area contributed by atoms with Crippen molar-refractivity contribution in [3.63, 3.8) is 0 Å². The quantitative estimate of drug-likeness (QED) is 0.566. The van der Waals surface area contributed by atoms with Gasteiger partial charge < -0.3 is 20.4 Å². The Labute approximate surface area is 154 Å². The first-order valence-electron chi connectivity index (χ1n) is 8.16. The molecule has 0 fully saturated rings. The van der Waals surface area contributed by atoms with Gasteiger partial charge in [0.05, 0.1) is 18.2 Å². The fraction of sp³-hybridized carbons (Fsp3) is 0.0526. The molecule has 0 bridgehead atoms. The van der Waals surface area contributed by atoms with E-state index in [4.69, 9.17) is 10.5 Å². The Bertz CT molecular complexity index is 1140. The van der Waals surface area contributed by atoms with E-state index in [1.165, 1.54) is 0 Å². The van der Waals surface area contributed by atoms with Crippen LogP contribution in [0.25, 0.3) is 16.7 Å². The maximum atomic E-state index is 11.8. The number of nitrogens with one attached hydrogen (secondary N) is 1. The van der Waals surface area contributed by atoms with Gasteiger partial charge in [0.1, 0.15) is 17.4 Å². The normalized spacial score (nSPS) is 10.7. The highest BCUT2D eigenvalue weighted by molar-refractivity contribution is 6.06. The number of nitrogens with zero attached hydrogens (tertiary/aromatic N) is 4. The average molecular weight is 360 g/mol. The number of hydrogen-bond acceptors (Lipinski definition) is 6. The SMILES string of the molecule is COc1ccnc(Nc2nccc(-n3cc(C(N)=O)c4ccccc43)n2)c1. The standard InChI is InChI=1S/C19H16N6O2/c1-27-12-6-8-21-16(10-12)23-19-22-9-7-17(24-19)25-11-14(18(20)26)13-4-2-3-5-15(13)25/h2-11H,1H3,(H2,20,26)(H,21,22,23,24). The van der Waals surface area contributed by atoms with Gasteiger partial charge in [-0.2, -0.15) is 4.98 Å². The van der Waals surface area contributed by atoms with E-state index in [-0.39, 0.29) is 0 Å². The first-order valence-corrected chi connectivity index (χ1v) is 8.16. The number of anilines is 2. The summed E-state index contributed by atoms with van der Waals surface area (Å²) in [5.74, 6) is 1.71. The van der Waals surface area contributed by atoms with Crippen LogP contribution in [0.2, 0.25) is 0 Å². The zero-order chi connectivity index (χ0) is 18.8. The third-order valence-corrected chi connectivity index (χ3v) is 4.07. The number of carbonyl (C=O) groups excluding carboxylic acids is 1. The summed E-state index contributed by atoms with van der Waals surface area (Å²) in [5.41, 5.74) is 6.78. The van der Waals surface area contributed by atoms with Crippen molar-refractivity contribution in [2.45, 2.75) is 0 Å². The fourth-order valence-corrected chi connectivity index (χ4v) is 2.83. The molecule has 27 heavy (non-hydrogen) atoms. The van der Waals surface area contributed by atoms with Crippen LogP contribution >= 0.6 is 0 Å². The molecule has 0 aliphatic rings. The molecule has 0 aliphatic heterocycles. The molecule has 4 rings (SSSR count). The molecule has 0 saturated carbocycles. The van der Waals surface area contributed by atoms with Crippen LogP contribution in [0.5, 0.6) is 5.75 Å². The van der Waals surface area contributed by atoms with Crippen molar-refractivity contribution in [2.75, 3.05) is 12.4 Å². The highest BCUT2D eigenvalue weighted by atomic mass is 16.5. The van der Waals surface area contributed by atoms with Crippen molar-refractivity contribution in [3.05, 3.63) is 66.6 Å². The van der Waals surface area contributed by atoms with E-state index in [0.29, 0.717) is 28.9 Å². The molecule has 0 saturated heterocycles. The van der Waals surface area contributed by atoms with Crippen LogP contribution in [-0.4, -0.2) is 32.5 Å². The van der Waals surface area contributed by atoms with Crippen molar-refractivity contribution in [2.24, 2.45) is 5.73 Å². The second-order valence-corrected chi connectivity index (χ2v) is 5.74. The molecule has 0 aliphatic carbocycles. The van der Waals surface area contributed by atoms with Crippen LogP contribution in [0.3, 0.4) is 0 Å². The molecule has 3 aromatic heterocycles. The molecule has 1 aromatic carbocycles.